The maximum absolute atomic E-state index is 15.1. The number of hydrazone groups is 1. The van der Waals surface area contributed by atoms with Crippen LogP contribution in [0.15, 0.2) is 41.5 Å². The number of ether oxygens (including phenoxy) is 1. The fourth-order valence-corrected chi connectivity index (χ4v) is 4.47. The summed E-state index contributed by atoms with van der Waals surface area (Å²) in [7, 11) is 2.10. The number of anilines is 2. The lowest BCUT2D eigenvalue weighted by atomic mass is 9.94. The molecule has 1 amide bonds. The Morgan fingerprint density at radius 3 is 2.74 bits per heavy atom. The molecule has 1 fully saturated rings. The Bertz CT molecular complexity index is 1050. The van der Waals surface area contributed by atoms with Crippen molar-refractivity contribution in [2.24, 2.45) is 5.10 Å². The monoisotopic (exact) mass is 420 g/mol. The SMILES string of the molecule is C[B]N1CCN(c2cccc(F)c2-c2ccc3c(c2)OCC2=NNC(=O)[C@@H](C)N23)CC1. The highest BCUT2D eigenvalue weighted by Gasteiger charge is 2.35. The minimum Gasteiger partial charge on any atom is -0.483 e. The molecular weight excluding hydrogens is 396 g/mol. The van der Waals surface area contributed by atoms with E-state index in [2.05, 4.69) is 27.7 Å². The summed E-state index contributed by atoms with van der Waals surface area (Å²) in [5.74, 6) is 0.855. The van der Waals surface area contributed by atoms with Crippen molar-refractivity contribution in [1.29, 1.82) is 0 Å². The third-order valence-corrected chi connectivity index (χ3v) is 6.22. The van der Waals surface area contributed by atoms with Gasteiger partial charge >= 0.3 is 0 Å². The van der Waals surface area contributed by atoms with Crippen LogP contribution in [0.25, 0.3) is 11.1 Å². The van der Waals surface area contributed by atoms with Gasteiger partial charge in [0.15, 0.2) is 5.84 Å². The van der Waals surface area contributed by atoms with Crippen LogP contribution in [0.3, 0.4) is 0 Å². The summed E-state index contributed by atoms with van der Waals surface area (Å²) < 4.78 is 21.0. The lowest BCUT2D eigenvalue weighted by Crippen LogP contribution is -2.55. The predicted molar refractivity (Wildman–Crippen MR) is 120 cm³/mol. The molecule has 159 valence electrons. The molecule has 0 aliphatic carbocycles. The summed E-state index contributed by atoms with van der Waals surface area (Å²) in [5.41, 5.74) is 5.51. The number of halogens is 1. The fourth-order valence-electron chi connectivity index (χ4n) is 4.47. The number of amidine groups is 1. The molecule has 31 heavy (non-hydrogen) atoms. The van der Waals surface area contributed by atoms with Crippen LogP contribution in [-0.4, -0.2) is 62.8 Å². The first-order valence-corrected chi connectivity index (χ1v) is 10.6. The number of carbonyl (C=O) groups is 1. The van der Waals surface area contributed by atoms with E-state index in [9.17, 15) is 4.79 Å². The zero-order valence-electron chi connectivity index (χ0n) is 17.6. The minimum absolute atomic E-state index is 0.166. The average molecular weight is 420 g/mol. The minimum atomic E-state index is -0.392. The van der Waals surface area contributed by atoms with Gasteiger partial charge in [-0.2, -0.15) is 5.10 Å². The lowest BCUT2D eigenvalue weighted by Gasteiger charge is -2.38. The molecule has 0 aromatic heterocycles. The zero-order valence-corrected chi connectivity index (χ0v) is 17.6. The number of rotatable bonds is 3. The van der Waals surface area contributed by atoms with Gasteiger partial charge in [0.1, 0.15) is 24.2 Å². The van der Waals surface area contributed by atoms with E-state index in [0.717, 1.165) is 43.1 Å². The number of amides is 1. The highest BCUT2D eigenvalue weighted by Crippen LogP contribution is 2.41. The van der Waals surface area contributed by atoms with E-state index < -0.39 is 6.04 Å². The summed E-state index contributed by atoms with van der Waals surface area (Å²) in [4.78, 5) is 18.5. The molecular formula is C22H24BFN5O2. The molecule has 3 aliphatic heterocycles. The van der Waals surface area contributed by atoms with E-state index in [1.807, 2.05) is 42.9 Å². The first-order valence-electron chi connectivity index (χ1n) is 10.6. The maximum atomic E-state index is 15.1. The summed E-state index contributed by atoms with van der Waals surface area (Å²) >= 11 is 0. The second-order valence-corrected chi connectivity index (χ2v) is 7.94. The van der Waals surface area contributed by atoms with Crippen LogP contribution in [0.1, 0.15) is 6.92 Å². The van der Waals surface area contributed by atoms with Crippen LogP contribution in [0.4, 0.5) is 15.8 Å². The molecule has 1 N–H and O–H groups in total. The topological polar surface area (TPSA) is 60.4 Å². The third kappa shape index (κ3) is 3.42. The van der Waals surface area contributed by atoms with Crippen LogP contribution in [0.5, 0.6) is 5.75 Å². The van der Waals surface area contributed by atoms with Crippen LogP contribution < -0.4 is 20.0 Å². The molecule has 0 saturated carbocycles. The molecule has 2 aromatic rings. The van der Waals surface area contributed by atoms with Gasteiger partial charge in [-0.1, -0.05) is 19.0 Å². The van der Waals surface area contributed by atoms with Gasteiger partial charge < -0.3 is 19.3 Å². The van der Waals surface area contributed by atoms with Crippen molar-refractivity contribution in [3.8, 4) is 16.9 Å². The van der Waals surface area contributed by atoms with Gasteiger partial charge in [-0.25, -0.2) is 9.82 Å². The first-order chi connectivity index (χ1) is 15.1. The predicted octanol–water partition coefficient (Wildman–Crippen LogP) is 2.31. The van der Waals surface area contributed by atoms with E-state index in [1.165, 1.54) is 6.07 Å². The second kappa shape index (κ2) is 7.88. The molecule has 0 bridgehead atoms. The number of hydrogen-bond acceptors (Lipinski definition) is 6. The molecule has 9 heteroatoms. The van der Waals surface area contributed by atoms with Crippen molar-refractivity contribution in [2.75, 3.05) is 42.6 Å². The van der Waals surface area contributed by atoms with Crippen molar-refractivity contribution in [3.05, 3.63) is 42.2 Å². The highest BCUT2D eigenvalue weighted by molar-refractivity contribution is 6.29. The zero-order chi connectivity index (χ0) is 21.5. The smallest absolute Gasteiger partial charge is 0.262 e. The molecule has 3 aliphatic rings. The Balaban J connectivity index is 1.52. The summed E-state index contributed by atoms with van der Waals surface area (Å²) in [6.45, 7) is 7.62. The number of piperazine rings is 1. The summed E-state index contributed by atoms with van der Waals surface area (Å²) in [6.07, 6.45) is 0. The van der Waals surface area contributed by atoms with Gasteiger partial charge in [-0.15, -0.1) is 0 Å². The van der Waals surface area contributed by atoms with Gasteiger partial charge in [-0.3, -0.25) is 4.79 Å². The molecule has 0 spiro atoms. The number of carbonyl (C=O) groups excluding carboxylic acids is 1. The van der Waals surface area contributed by atoms with E-state index in [4.69, 9.17) is 4.74 Å². The van der Waals surface area contributed by atoms with Crippen LogP contribution in [0.2, 0.25) is 6.82 Å². The quantitative estimate of drug-likeness (QED) is 0.773. The largest absolute Gasteiger partial charge is 0.483 e. The van der Waals surface area contributed by atoms with E-state index in [0.29, 0.717) is 17.1 Å². The van der Waals surface area contributed by atoms with Crippen molar-refractivity contribution in [2.45, 2.75) is 19.8 Å². The van der Waals surface area contributed by atoms with Gasteiger partial charge in [0.25, 0.3) is 5.91 Å². The second-order valence-electron chi connectivity index (χ2n) is 7.94. The molecule has 7 nitrogen and oxygen atoms in total. The Morgan fingerprint density at radius 2 is 1.97 bits per heavy atom. The molecule has 1 radical (unpaired) electrons. The summed E-state index contributed by atoms with van der Waals surface area (Å²) in [6, 6.07) is 10.5. The highest BCUT2D eigenvalue weighted by atomic mass is 19.1. The fraction of sp³-hybridized carbons (Fsp3) is 0.364. The number of hydrogen-bond donors (Lipinski definition) is 1. The van der Waals surface area contributed by atoms with Crippen LogP contribution in [0, 0.1) is 5.82 Å². The number of fused-ring (bicyclic) bond motifs is 3. The number of nitrogens with zero attached hydrogens (tertiary/aromatic N) is 4. The molecule has 3 heterocycles. The number of benzene rings is 2. The Hall–Kier alpha value is -3.07. The maximum Gasteiger partial charge on any atom is 0.262 e. The Morgan fingerprint density at radius 1 is 1.16 bits per heavy atom. The van der Waals surface area contributed by atoms with E-state index in [-0.39, 0.29) is 18.3 Å². The third-order valence-electron chi connectivity index (χ3n) is 6.22. The van der Waals surface area contributed by atoms with Crippen molar-refractivity contribution in [1.82, 2.24) is 10.2 Å². The molecule has 2 aromatic carbocycles. The average Bonchev–Trinajstić information content (AvgIpc) is 2.80. The van der Waals surface area contributed by atoms with Crippen LogP contribution in [-0.2, 0) is 4.79 Å². The first kappa shape index (κ1) is 19.9. The number of nitrogens with one attached hydrogen (secondary N) is 1. The summed E-state index contributed by atoms with van der Waals surface area (Å²) in [5, 5.41) is 4.11. The lowest BCUT2D eigenvalue weighted by molar-refractivity contribution is -0.122. The van der Waals surface area contributed by atoms with Crippen molar-refractivity contribution >= 4 is 30.5 Å². The van der Waals surface area contributed by atoms with Gasteiger partial charge in [0.2, 0.25) is 7.41 Å². The normalized spacial score (nSPS) is 20.9. The molecule has 1 saturated heterocycles. The van der Waals surface area contributed by atoms with Crippen molar-refractivity contribution in [3.63, 3.8) is 0 Å². The standard InChI is InChI=1S/C22H24BFN5O2/c1-14-22(30)26-25-20-13-31-19-12-15(6-7-17(19)29(14)20)21-16(24)4-3-5-18(21)27-8-10-28(23-2)11-9-27/h3-7,12,14H,8-11,13H2,1-2H3,(H,26,30)/t14-/m1/s1. The van der Waals surface area contributed by atoms with Gasteiger partial charge in [0.05, 0.1) is 5.69 Å². The van der Waals surface area contributed by atoms with Gasteiger partial charge in [0, 0.05) is 37.4 Å². The van der Waals surface area contributed by atoms with Gasteiger partial charge in [-0.05, 0) is 36.8 Å². The Labute approximate surface area is 181 Å². The van der Waals surface area contributed by atoms with E-state index in [1.54, 1.807) is 6.07 Å². The Kier molecular flexibility index (Phi) is 5.05. The van der Waals surface area contributed by atoms with Crippen molar-refractivity contribution < 1.29 is 13.9 Å². The molecule has 5 rings (SSSR count). The van der Waals surface area contributed by atoms with Crippen LogP contribution >= 0.6 is 0 Å². The molecule has 1 atom stereocenters. The van der Waals surface area contributed by atoms with E-state index >= 15 is 4.39 Å². The molecule has 0 unspecified atom stereocenters.